The van der Waals surface area contributed by atoms with Crippen molar-refractivity contribution in [3.63, 3.8) is 0 Å². The smallest absolute Gasteiger partial charge is 0.258 e. The summed E-state index contributed by atoms with van der Waals surface area (Å²) in [5.74, 6) is -0.146. The molecule has 0 unspecified atom stereocenters. The molecule has 10 heteroatoms. The number of nitrogens with one attached hydrogen (secondary N) is 3. The van der Waals surface area contributed by atoms with Crippen molar-refractivity contribution in [2.45, 2.75) is 25.7 Å². The molecule has 0 saturated carbocycles. The Bertz CT molecular complexity index is 1340. The van der Waals surface area contributed by atoms with Crippen LogP contribution in [-0.2, 0) is 0 Å². The normalized spacial score (nSPS) is 13.4. The molecule has 2 aromatic carbocycles. The van der Waals surface area contributed by atoms with E-state index in [2.05, 4.69) is 20.5 Å². The van der Waals surface area contributed by atoms with E-state index in [4.69, 9.17) is 28.6 Å². The van der Waals surface area contributed by atoms with E-state index in [9.17, 15) is 9.59 Å². The molecule has 1 aliphatic rings. The van der Waals surface area contributed by atoms with Gasteiger partial charge < -0.3 is 20.4 Å². The van der Waals surface area contributed by atoms with Gasteiger partial charge in [-0.2, -0.15) is 0 Å². The second kappa shape index (κ2) is 12.3. The fraction of sp³-hybridized carbons (Fsp3) is 0.286. The monoisotopic (exact) mass is 552 g/mol. The first-order valence-corrected chi connectivity index (χ1v) is 13.2. The minimum Gasteiger partial charge on any atom is -0.371 e. The predicted octanol–water partition coefficient (Wildman–Crippen LogP) is 6.16. The maximum absolute atomic E-state index is 13.6. The number of anilines is 3. The number of carbonyl (C=O) groups is 2. The van der Waals surface area contributed by atoms with Gasteiger partial charge in [-0.05, 0) is 55.3 Å². The van der Waals surface area contributed by atoms with Crippen LogP contribution in [0.1, 0.15) is 52.0 Å². The SMILES string of the molecule is CN(C)C(=N)c1ccc(C(=O)Nc2ccc(Cl)cc2C(=O)Nc2ccc(Cl)cn2)c(N2CCCCCC2)c1. The van der Waals surface area contributed by atoms with Crippen molar-refractivity contribution >= 4 is 58.0 Å². The summed E-state index contributed by atoms with van der Waals surface area (Å²) in [6.07, 6.45) is 5.81. The van der Waals surface area contributed by atoms with Crippen molar-refractivity contribution in [1.29, 1.82) is 5.41 Å². The molecule has 0 spiro atoms. The molecule has 1 fully saturated rings. The summed E-state index contributed by atoms with van der Waals surface area (Å²) >= 11 is 12.1. The Balaban J connectivity index is 1.65. The number of aromatic nitrogens is 1. The number of carbonyl (C=O) groups excluding carboxylic acids is 2. The zero-order valence-electron chi connectivity index (χ0n) is 21.4. The van der Waals surface area contributed by atoms with Crippen LogP contribution in [-0.4, -0.2) is 54.7 Å². The van der Waals surface area contributed by atoms with Crippen molar-refractivity contribution in [2.24, 2.45) is 0 Å². The molecule has 2 heterocycles. The van der Waals surface area contributed by atoms with Gasteiger partial charge in [-0.25, -0.2) is 4.98 Å². The maximum atomic E-state index is 13.6. The standard InChI is InChI=1S/C28H30Cl2N6O2/c1-35(2)26(31)18-7-10-21(24(15-18)36-13-5-3-4-6-14-36)27(37)33-23-11-8-19(29)16-22(23)28(38)34-25-12-9-20(30)17-32-25/h7-12,15-17,31H,3-6,13-14H2,1-2H3,(H,33,37)(H,32,34,38). The Labute approximate surface area is 232 Å². The minimum atomic E-state index is -0.472. The van der Waals surface area contributed by atoms with Gasteiger partial charge in [-0.15, -0.1) is 0 Å². The van der Waals surface area contributed by atoms with Gasteiger partial charge in [0.05, 0.1) is 27.5 Å². The summed E-state index contributed by atoms with van der Waals surface area (Å²) in [5, 5.41) is 14.9. The van der Waals surface area contributed by atoms with Crippen LogP contribution in [0, 0.1) is 5.41 Å². The Morgan fingerprint density at radius 2 is 1.55 bits per heavy atom. The van der Waals surface area contributed by atoms with Crippen LogP contribution in [0.3, 0.4) is 0 Å². The van der Waals surface area contributed by atoms with E-state index in [0.717, 1.165) is 50.0 Å². The third kappa shape index (κ3) is 6.62. The molecule has 0 atom stereocenters. The average Bonchev–Trinajstić information content (AvgIpc) is 3.19. The van der Waals surface area contributed by atoms with Crippen molar-refractivity contribution in [2.75, 3.05) is 42.7 Å². The predicted molar refractivity (Wildman–Crippen MR) is 154 cm³/mol. The molecule has 8 nitrogen and oxygen atoms in total. The molecule has 4 rings (SSSR count). The van der Waals surface area contributed by atoms with Gasteiger partial charge in [0, 0.05) is 44.0 Å². The van der Waals surface area contributed by atoms with Gasteiger partial charge in [-0.1, -0.05) is 42.1 Å². The van der Waals surface area contributed by atoms with Gasteiger partial charge >= 0.3 is 0 Å². The summed E-state index contributed by atoms with van der Waals surface area (Å²) in [5.41, 5.74) is 2.50. The van der Waals surface area contributed by atoms with Crippen LogP contribution in [0.2, 0.25) is 10.0 Å². The molecule has 0 radical (unpaired) electrons. The number of amides is 2. The van der Waals surface area contributed by atoms with E-state index in [1.165, 1.54) is 12.3 Å². The third-order valence-electron chi connectivity index (χ3n) is 6.35. The number of benzene rings is 2. The van der Waals surface area contributed by atoms with E-state index in [1.807, 2.05) is 20.2 Å². The van der Waals surface area contributed by atoms with Crippen molar-refractivity contribution in [3.8, 4) is 0 Å². The Hall–Kier alpha value is -3.62. The number of amidine groups is 1. The summed E-state index contributed by atoms with van der Waals surface area (Å²) < 4.78 is 0. The molecular weight excluding hydrogens is 523 g/mol. The van der Waals surface area contributed by atoms with Crippen LogP contribution in [0.15, 0.2) is 54.7 Å². The van der Waals surface area contributed by atoms with Gasteiger partial charge in [0.25, 0.3) is 11.8 Å². The van der Waals surface area contributed by atoms with E-state index in [1.54, 1.807) is 41.3 Å². The van der Waals surface area contributed by atoms with Crippen molar-refractivity contribution < 1.29 is 9.59 Å². The largest absolute Gasteiger partial charge is 0.371 e. The molecule has 1 aliphatic heterocycles. The molecule has 0 aliphatic carbocycles. The highest BCUT2D eigenvalue weighted by molar-refractivity contribution is 6.31. The van der Waals surface area contributed by atoms with Crippen LogP contribution in [0.4, 0.5) is 17.2 Å². The molecule has 0 bridgehead atoms. The molecule has 3 aromatic rings. The molecule has 38 heavy (non-hydrogen) atoms. The molecule has 2 amide bonds. The topological polar surface area (TPSA) is 101 Å². The fourth-order valence-electron chi connectivity index (χ4n) is 4.34. The van der Waals surface area contributed by atoms with Crippen molar-refractivity contribution in [3.05, 3.63) is 81.5 Å². The van der Waals surface area contributed by atoms with Crippen LogP contribution >= 0.6 is 23.2 Å². The summed E-state index contributed by atoms with van der Waals surface area (Å²) in [6.45, 7) is 1.67. The zero-order chi connectivity index (χ0) is 27.2. The number of hydrogen-bond acceptors (Lipinski definition) is 5. The molecule has 198 valence electrons. The Morgan fingerprint density at radius 1 is 0.868 bits per heavy atom. The van der Waals surface area contributed by atoms with E-state index in [-0.39, 0.29) is 11.5 Å². The summed E-state index contributed by atoms with van der Waals surface area (Å²) in [6, 6.07) is 13.4. The molecule has 1 saturated heterocycles. The van der Waals surface area contributed by atoms with Gasteiger partial charge in [0.2, 0.25) is 0 Å². The second-order valence-corrected chi connectivity index (χ2v) is 10.2. The number of pyridine rings is 1. The number of nitrogens with zero attached hydrogens (tertiary/aromatic N) is 3. The van der Waals surface area contributed by atoms with Crippen LogP contribution in [0.5, 0.6) is 0 Å². The highest BCUT2D eigenvalue weighted by Crippen LogP contribution is 2.28. The number of hydrogen-bond donors (Lipinski definition) is 3. The van der Waals surface area contributed by atoms with Gasteiger partial charge in [-0.3, -0.25) is 15.0 Å². The molecule has 1 aromatic heterocycles. The summed E-state index contributed by atoms with van der Waals surface area (Å²) in [7, 11) is 3.64. The van der Waals surface area contributed by atoms with E-state index < -0.39 is 5.91 Å². The molecular formula is C28H30Cl2N6O2. The quantitative estimate of drug-likeness (QED) is 0.251. The summed E-state index contributed by atoms with van der Waals surface area (Å²) in [4.78, 5) is 34.8. The molecule has 3 N–H and O–H groups in total. The first-order valence-electron chi connectivity index (χ1n) is 12.4. The Kier molecular flexibility index (Phi) is 8.86. The van der Waals surface area contributed by atoms with Gasteiger partial charge in [0.1, 0.15) is 11.7 Å². The first-order chi connectivity index (χ1) is 18.2. The zero-order valence-corrected chi connectivity index (χ0v) is 22.9. The van der Waals surface area contributed by atoms with Crippen LogP contribution in [0.25, 0.3) is 0 Å². The highest BCUT2D eigenvalue weighted by Gasteiger charge is 2.22. The lowest BCUT2D eigenvalue weighted by molar-refractivity contribution is 0.102. The van der Waals surface area contributed by atoms with E-state index in [0.29, 0.717) is 32.9 Å². The average molecular weight is 553 g/mol. The Morgan fingerprint density at radius 3 is 2.21 bits per heavy atom. The lowest BCUT2D eigenvalue weighted by atomic mass is 10.0. The maximum Gasteiger partial charge on any atom is 0.258 e. The van der Waals surface area contributed by atoms with Crippen LogP contribution < -0.4 is 15.5 Å². The second-order valence-electron chi connectivity index (χ2n) is 9.34. The highest BCUT2D eigenvalue weighted by atomic mass is 35.5. The third-order valence-corrected chi connectivity index (χ3v) is 6.81. The fourth-order valence-corrected chi connectivity index (χ4v) is 4.62. The number of rotatable bonds is 6. The van der Waals surface area contributed by atoms with E-state index >= 15 is 0 Å². The number of halogens is 2. The van der Waals surface area contributed by atoms with Crippen molar-refractivity contribution in [1.82, 2.24) is 9.88 Å². The van der Waals surface area contributed by atoms with Gasteiger partial charge in [0.15, 0.2) is 0 Å². The lowest BCUT2D eigenvalue weighted by Gasteiger charge is -2.26. The minimum absolute atomic E-state index is 0.199. The first kappa shape index (κ1) is 27.4. The lowest BCUT2D eigenvalue weighted by Crippen LogP contribution is -2.29.